The van der Waals surface area contributed by atoms with Crippen LogP contribution in [0.3, 0.4) is 0 Å². The third-order valence-electron chi connectivity index (χ3n) is 6.36. The zero-order valence-corrected chi connectivity index (χ0v) is 24.1. The molecule has 5 rings (SSSR count). The van der Waals surface area contributed by atoms with Crippen LogP contribution in [0.5, 0.6) is 17.2 Å². The highest BCUT2D eigenvalue weighted by molar-refractivity contribution is 7.22. The average Bonchev–Trinajstić information content (AvgIpc) is 3.61. The van der Waals surface area contributed by atoms with Crippen LogP contribution in [0.4, 0.5) is 15.8 Å². The van der Waals surface area contributed by atoms with E-state index in [1.54, 1.807) is 42.9 Å². The SMILES string of the molecule is COc1ccccc1N(C(=O)CC(N)=O)c1ccc(Oc2ccnc3cc(-c4cn(CCN(C)C)cn4)sc23)c(F)c1. The third kappa shape index (κ3) is 6.24. The Balaban J connectivity index is 1.44. The molecule has 0 aliphatic rings. The third-order valence-corrected chi connectivity index (χ3v) is 7.52. The monoisotopic (exact) mass is 588 g/mol. The number of rotatable bonds is 11. The first-order chi connectivity index (χ1) is 20.2. The number of imidazole rings is 1. The van der Waals surface area contributed by atoms with Crippen molar-refractivity contribution in [3.63, 3.8) is 0 Å². The number of methoxy groups -OCH3 is 1. The fourth-order valence-electron chi connectivity index (χ4n) is 4.34. The van der Waals surface area contributed by atoms with E-state index in [9.17, 15) is 9.59 Å². The number of benzene rings is 2. The van der Waals surface area contributed by atoms with Crippen molar-refractivity contribution in [2.75, 3.05) is 32.6 Å². The van der Waals surface area contributed by atoms with Gasteiger partial charge in [0, 0.05) is 37.6 Å². The standard InChI is InChI=1S/C30H29FN6O4S/c1-35(2)12-13-36-17-22(34-18-36)27-15-21-30(42-27)26(10-11-33-21)41-24-9-8-19(14-20(24)31)37(29(39)16-28(32)38)23-6-4-5-7-25(23)40-3/h4-11,14-15,17-18H,12-13,16H2,1-3H3,(H2,32,38). The molecule has 12 heteroatoms. The molecule has 2 N–H and O–H groups in total. The van der Waals surface area contributed by atoms with Crippen molar-refractivity contribution in [3.05, 3.63) is 79.1 Å². The number of aromatic nitrogens is 3. The van der Waals surface area contributed by atoms with Crippen LogP contribution in [0, 0.1) is 5.82 Å². The normalized spacial score (nSPS) is 11.2. The second-order valence-electron chi connectivity index (χ2n) is 9.69. The van der Waals surface area contributed by atoms with Crippen LogP contribution in [0.2, 0.25) is 0 Å². The molecule has 0 saturated carbocycles. The average molecular weight is 589 g/mol. The Morgan fingerprint density at radius 3 is 2.60 bits per heavy atom. The highest BCUT2D eigenvalue weighted by Gasteiger charge is 2.24. The van der Waals surface area contributed by atoms with Gasteiger partial charge >= 0.3 is 0 Å². The molecular formula is C30H29FN6O4S. The van der Waals surface area contributed by atoms with Gasteiger partial charge in [-0.05, 0) is 44.4 Å². The van der Waals surface area contributed by atoms with E-state index >= 15 is 4.39 Å². The Morgan fingerprint density at radius 1 is 1.05 bits per heavy atom. The van der Waals surface area contributed by atoms with Crippen molar-refractivity contribution < 1.29 is 23.5 Å². The number of thiophene rings is 1. The Labute approximate surface area is 245 Å². The molecule has 0 bridgehead atoms. The number of anilines is 2. The molecule has 216 valence electrons. The number of para-hydroxylation sites is 2. The number of nitrogens with two attached hydrogens (primary N) is 1. The van der Waals surface area contributed by atoms with E-state index in [-0.39, 0.29) is 11.4 Å². The van der Waals surface area contributed by atoms with Gasteiger partial charge in [0.1, 0.15) is 17.9 Å². The van der Waals surface area contributed by atoms with E-state index in [2.05, 4.69) is 14.9 Å². The second-order valence-corrected chi connectivity index (χ2v) is 10.7. The molecular weight excluding hydrogens is 559 g/mol. The first kappa shape index (κ1) is 28.7. The van der Waals surface area contributed by atoms with Gasteiger partial charge < -0.3 is 24.7 Å². The number of fused-ring (bicyclic) bond motifs is 1. The van der Waals surface area contributed by atoms with Crippen LogP contribution in [0.25, 0.3) is 20.8 Å². The maximum absolute atomic E-state index is 15.5. The molecule has 3 heterocycles. The van der Waals surface area contributed by atoms with Crippen LogP contribution in [0.15, 0.2) is 73.3 Å². The van der Waals surface area contributed by atoms with Crippen LogP contribution >= 0.6 is 11.3 Å². The number of hydrogen-bond donors (Lipinski definition) is 1. The van der Waals surface area contributed by atoms with Crippen molar-refractivity contribution in [1.82, 2.24) is 19.4 Å². The molecule has 5 aromatic rings. The zero-order chi connectivity index (χ0) is 29.8. The second kappa shape index (κ2) is 12.4. The molecule has 0 radical (unpaired) electrons. The van der Waals surface area contributed by atoms with Crippen molar-refractivity contribution in [3.8, 4) is 27.8 Å². The van der Waals surface area contributed by atoms with Crippen LogP contribution < -0.4 is 20.1 Å². The number of ether oxygens (including phenoxy) is 2. The molecule has 0 aliphatic heterocycles. The van der Waals surface area contributed by atoms with Crippen molar-refractivity contribution in [2.24, 2.45) is 5.73 Å². The predicted octanol–water partition coefficient (Wildman–Crippen LogP) is 5.20. The number of halogens is 1. The number of hydrogen-bond acceptors (Lipinski definition) is 8. The number of carbonyl (C=O) groups is 2. The molecule has 0 unspecified atom stereocenters. The van der Waals surface area contributed by atoms with Gasteiger partial charge in [0.2, 0.25) is 11.8 Å². The number of pyridine rings is 1. The summed E-state index contributed by atoms with van der Waals surface area (Å²) in [6.45, 7) is 1.71. The molecule has 0 fully saturated rings. The van der Waals surface area contributed by atoms with Gasteiger partial charge in [-0.25, -0.2) is 9.37 Å². The minimum absolute atomic E-state index is 0.0449. The molecule has 2 aromatic carbocycles. The first-order valence-electron chi connectivity index (χ1n) is 13.0. The maximum Gasteiger partial charge on any atom is 0.241 e. The summed E-state index contributed by atoms with van der Waals surface area (Å²) in [4.78, 5) is 37.8. The molecule has 0 saturated heterocycles. The highest BCUT2D eigenvalue weighted by Crippen LogP contribution is 2.40. The van der Waals surface area contributed by atoms with Gasteiger partial charge in [-0.2, -0.15) is 0 Å². The summed E-state index contributed by atoms with van der Waals surface area (Å²) >= 11 is 1.45. The fraction of sp³-hybridized carbons (Fsp3) is 0.200. The lowest BCUT2D eigenvalue weighted by Crippen LogP contribution is -2.30. The number of nitrogens with zero attached hydrogens (tertiary/aromatic N) is 5. The zero-order valence-electron chi connectivity index (χ0n) is 23.3. The van der Waals surface area contributed by atoms with E-state index < -0.39 is 24.1 Å². The topological polar surface area (TPSA) is 116 Å². The molecule has 3 aromatic heterocycles. The van der Waals surface area contributed by atoms with Gasteiger partial charge in [-0.15, -0.1) is 11.3 Å². The summed E-state index contributed by atoms with van der Waals surface area (Å²) in [5.74, 6) is -1.39. The highest BCUT2D eigenvalue weighted by atomic mass is 32.1. The van der Waals surface area contributed by atoms with E-state index in [0.29, 0.717) is 22.7 Å². The van der Waals surface area contributed by atoms with Gasteiger partial charge in [0.15, 0.2) is 11.6 Å². The summed E-state index contributed by atoms with van der Waals surface area (Å²) < 4.78 is 29.7. The van der Waals surface area contributed by atoms with E-state index in [1.165, 1.54) is 41.5 Å². The predicted molar refractivity (Wildman–Crippen MR) is 160 cm³/mol. The lowest BCUT2D eigenvalue weighted by molar-refractivity contribution is -0.125. The Hall–Kier alpha value is -4.81. The van der Waals surface area contributed by atoms with Crippen LogP contribution in [-0.2, 0) is 16.1 Å². The van der Waals surface area contributed by atoms with E-state index in [0.717, 1.165) is 28.4 Å². The van der Waals surface area contributed by atoms with Gasteiger partial charge in [-0.1, -0.05) is 12.1 Å². The number of carbonyl (C=O) groups excluding carboxylic acids is 2. The minimum atomic E-state index is -0.808. The summed E-state index contributed by atoms with van der Waals surface area (Å²) in [6.07, 6.45) is 4.82. The van der Waals surface area contributed by atoms with Crippen LogP contribution in [-0.4, -0.2) is 59.0 Å². The number of primary amides is 1. The van der Waals surface area contributed by atoms with Gasteiger partial charge in [-0.3, -0.25) is 19.5 Å². The van der Waals surface area contributed by atoms with Crippen LogP contribution in [0.1, 0.15) is 6.42 Å². The maximum atomic E-state index is 15.5. The fourth-order valence-corrected chi connectivity index (χ4v) is 5.36. The lowest BCUT2D eigenvalue weighted by Gasteiger charge is -2.24. The molecule has 0 atom stereocenters. The Morgan fingerprint density at radius 2 is 1.86 bits per heavy atom. The van der Waals surface area contributed by atoms with E-state index in [4.69, 9.17) is 15.2 Å². The Kier molecular flexibility index (Phi) is 8.46. The largest absolute Gasteiger partial charge is 0.495 e. The Bertz CT molecular complexity index is 1750. The summed E-state index contributed by atoms with van der Waals surface area (Å²) in [7, 11) is 5.50. The summed E-state index contributed by atoms with van der Waals surface area (Å²) in [5.41, 5.74) is 7.32. The minimum Gasteiger partial charge on any atom is -0.495 e. The van der Waals surface area contributed by atoms with Gasteiger partial charge in [0.05, 0.1) is 45.6 Å². The van der Waals surface area contributed by atoms with E-state index in [1.807, 2.05) is 30.9 Å². The molecule has 10 nitrogen and oxygen atoms in total. The summed E-state index contributed by atoms with van der Waals surface area (Å²) in [5, 5.41) is 0. The van der Waals surface area contributed by atoms with Crippen molar-refractivity contribution in [1.29, 1.82) is 0 Å². The van der Waals surface area contributed by atoms with Crippen molar-refractivity contribution >= 4 is 44.7 Å². The quantitative estimate of drug-likeness (QED) is 0.211. The number of amides is 2. The lowest BCUT2D eigenvalue weighted by atomic mass is 10.2. The molecule has 2 amide bonds. The van der Waals surface area contributed by atoms with Crippen molar-refractivity contribution in [2.45, 2.75) is 13.0 Å². The smallest absolute Gasteiger partial charge is 0.241 e. The molecule has 0 aliphatic carbocycles. The first-order valence-corrected chi connectivity index (χ1v) is 13.8. The number of likely N-dealkylation sites (N-methyl/N-ethyl adjacent to an activating group) is 1. The molecule has 0 spiro atoms. The molecule has 42 heavy (non-hydrogen) atoms. The van der Waals surface area contributed by atoms with Gasteiger partial charge in [0.25, 0.3) is 0 Å². The summed E-state index contributed by atoms with van der Waals surface area (Å²) in [6, 6.07) is 14.5.